The third-order valence-corrected chi connectivity index (χ3v) is 4.25. The highest BCUT2D eigenvalue weighted by Gasteiger charge is 2.49. The second kappa shape index (κ2) is 5.24. The van der Waals surface area contributed by atoms with Crippen molar-refractivity contribution in [3.8, 4) is 0 Å². The van der Waals surface area contributed by atoms with Gasteiger partial charge in [0.15, 0.2) is 5.58 Å². The predicted octanol–water partition coefficient (Wildman–Crippen LogP) is 2.56. The first-order chi connectivity index (χ1) is 10.4. The van der Waals surface area contributed by atoms with Crippen molar-refractivity contribution in [2.45, 2.75) is 25.3 Å². The molecule has 1 aromatic carbocycles. The Bertz CT molecular complexity index is 805. The zero-order chi connectivity index (χ0) is 15.9. The van der Waals surface area contributed by atoms with Gasteiger partial charge in [0.1, 0.15) is 5.54 Å². The molecule has 1 amide bonds. The molecule has 0 saturated heterocycles. The number of fused-ring (bicyclic) bond motifs is 1. The van der Waals surface area contributed by atoms with Crippen molar-refractivity contribution in [3.63, 3.8) is 0 Å². The fraction of sp³-hybridized carbons (Fsp3) is 0.400. The van der Waals surface area contributed by atoms with Gasteiger partial charge in [-0.05, 0) is 56.1 Å². The molecule has 0 bridgehead atoms. The Kier molecular flexibility index (Phi) is 3.52. The first-order valence-electron chi connectivity index (χ1n) is 6.98. The van der Waals surface area contributed by atoms with Crippen molar-refractivity contribution < 1.29 is 18.7 Å². The average molecular weight is 320 g/mol. The number of methoxy groups -OCH3 is 1. The number of carbonyl (C=O) groups excluding carboxylic acids is 2. The zero-order valence-electron chi connectivity index (χ0n) is 12.3. The third-order valence-electron chi connectivity index (χ3n) is 4.06. The van der Waals surface area contributed by atoms with E-state index < -0.39 is 11.5 Å². The van der Waals surface area contributed by atoms with Gasteiger partial charge in [0.05, 0.1) is 12.6 Å². The lowest BCUT2D eigenvalue weighted by Crippen LogP contribution is -2.54. The van der Waals surface area contributed by atoms with Gasteiger partial charge in [-0.1, -0.05) is 0 Å². The van der Waals surface area contributed by atoms with E-state index in [-0.39, 0.29) is 16.7 Å². The fourth-order valence-corrected chi connectivity index (χ4v) is 2.79. The molecule has 0 unspecified atom stereocenters. The van der Waals surface area contributed by atoms with E-state index in [2.05, 4.69) is 10.3 Å². The maximum absolute atomic E-state index is 12.5. The van der Waals surface area contributed by atoms with Crippen LogP contribution in [0.3, 0.4) is 0 Å². The van der Waals surface area contributed by atoms with Crippen molar-refractivity contribution in [2.24, 2.45) is 5.92 Å². The summed E-state index contributed by atoms with van der Waals surface area (Å²) in [5, 5.41) is 2.80. The Hall–Kier alpha value is -2.15. The number of hydrogen-bond donors (Lipinski definition) is 2. The van der Waals surface area contributed by atoms with Gasteiger partial charge in [0, 0.05) is 5.56 Å². The number of aromatic amines is 1. The number of H-pyrrole nitrogens is 1. The minimum Gasteiger partial charge on any atom is -0.467 e. The van der Waals surface area contributed by atoms with Crippen LogP contribution in [0, 0.1) is 10.8 Å². The normalized spacial score (nSPS) is 17.0. The molecular weight excluding hydrogens is 304 g/mol. The highest BCUT2D eigenvalue weighted by atomic mass is 32.1. The summed E-state index contributed by atoms with van der Waals surface area (Å²) in [6.07, 6.45) is 1.80. The number of carbonyl (C=O) groups is 2. The summed E-state index contributed by atoms with van der Waals surface area (Å²) in [5.41, 5.74) is 0.628. The van der Waals surface area contributed by atoms with Crippen LogP contribution in [0.5, 0.6) is 0 Å². The number of nitrogens with one attached hydrogen (secondary N) is 2. The maximum atomic E-state index is 12.5. The van der Waals surface area contributed by atoms with Gasteiger partial charge in [-0.3, -0.25) is 4.79 Å². The fourth-order valence-electron chi connectivity index (χ4n) is 2.59. The monoisotopic (exact) mass is 320 g/mol. The van der Waals surface area contributed by atoms with Crippen molar-refractivity contribution in [1.29, 1.82) is 0 Å². The van der Waals surface area contributed by atoms with E-state index in [0.29, 0.717) is 11.1 Å². The van der Waals surface area contributed by atoms with Gasteiger partial charge in [-0.2, -0.15) is 0 Å². The highest BCUT2D eigenvalue weighted by molar-refractivity contribution is 7.71. The molecule has 2 aromatic rings. The number of hydrogen-bond acceptors (Lipinski definition) is 5. The number of amides is 1. The highest BCUT2D eigenvalue weighted by Crippen LogP contribution is 2.40. The van der Waals surface area contributed by atoms with Gasteiger partial charge < -0.3 is 19.5 Å². The number of benzene rings is 1. The molecule has 1 aliphatic carbocycles. The molecule has 1 aromatic heterocycles. The Balaban J connectivity index is 1.88. The second-order valence-electron chi connectivity index (χ2n) is 5.65. The molecule has 1 fully saturated rings. The Morgan fingerprint density at radius 1 is 1.45 bits per heavy atom. The molecule has 2 N–H and O–H groups in total. The molecule has 116 valence electrons. The molecule has 0 aliphatic heterocycles. The van der Waals surface area contributed by atoms with Crippen molar-refractivity contribution in [3.05, 3.63) is 28.6 Å². The van der Waals surface area contributed by atoms with Gasteiger partial charge in [0.2, 0.25) is 0 Å². The summed E-state index contributed by atoms with van der Waals surface area (Å²) in [7, 11) is 1.32. The first-order valence-corrected chi connectivity index (χ1v) is 7.38. The summed E-state index contributed by atoms with van der Waals surface area (Å²) in [6.45, 7) is 1.70. The first kappa shape index (κ1) is 14.8. The summed E-state index contributed by atoms with van der Waals surface area (Å²) in [4.78, 5) is 27.6. The molecule has 6 nitrogen and oxygen atoms in total. The third kappa shape index (κ3) is 2.52. The van der Waals surface area contributed by atoms with E-state index in [0.717, 1.165) is 18.4 Å². The Morgan fingerprint density at radius 3 is 2.82 bits per heavy atom. The largest absolute Gasteiger partial charge is 0.467 e. The van der Waals surface area contributed by atoms with Gasteiger partial charge >= 0.3 is 5.97 Å². The molecule has 1 saturated carbocycles. The Labute approximate surface area is 131 Å². The Morgan fingerprint density at radius 2 is 2.18 bits per heavy atom. The lowest BCUT2D eigenvalue weighted by Gasteiger charge is -2.27. The average Bonchev–Trinajstić information content (AvgIpc) is 3.27. The van der Waals surface area contributed by atoms with Crippen LogP contribution in [0.25, 0.3) is 11.1 Å². The summed E-state index contributed by atoms with van der Waals surface area (Å²) in [5.74, 6) is -0.656. The summed E-state index contributed by atoms with van der Waals surface area (Å²) < 4.78 is 10.1. The number of ether oxygens (including phenoxy) is 1. The molecule has 7 heteroatoms. The topological polar surface area (TPSA) is 84.3 Å². The molecule has 1 atom stereocenters. The standard InChI is InChI=1S/C15H16N2O4S/c1-15(9-4-5-9,13(19)20-2)17-12(18)8-3-6-10-11(7-8)21-14(22)16-10/h3,6-7,9H,4-5H2,1-2H3,(H,16,22)(H,17,18)/t15-/m1/s1. The minimum absolute atomic E-state index is 0.115. The van der Waals surface area contributed by atoms with Gasteiger partial charge in [-0.15, -0.1) is 0 Å². The second-order valence-corrected chi connectivity index (χ2v) is 6.02. The minimum atomic E-state index is -1.00. The molecular formula is C15H16N2O4S. The SMILES string of the molecule is COC(=O)[C@](C)(NC(=O)c1ccc2[nH]c(=S)oc2c1)C1CC1. The van der Waals surface area contributed by atoms with Crippen LogP contribution in [0.1, 0.15) is 30.1 Å². The van der Waals surface area contributed by atoms with Gasteiger partial charge in [0.25, 0.3) is 10.7 Å². The predicted molar refractivity (Wildman–Crippen MR) is 82.0 cm³/mol. The summed E-state index contributed by atoms with van der Waals surface area (Å²) in [6, 6.07) is 4.97. The molecule has 0 spiro atoms. The molecule has 22 heavy (non-hydrogen) atoms. The molecule has 0 radical (unpaired) electrons. The van der Waals surface area contributed by atoms with Gasteiger partial charge in [-0.25, -0.2) is 4.79 Å². The van der Waals surface area contributed by atoms with E-state index in [1.807, 2.05) is 0 Å². The molecule has 1 aliphatic rings. The van der Waals surface area contributed by atoms with Crippen molar-refractivity contribution >= 4 is 35.2 Å². The number of esters is 1. The van der Waals surface area contributed by atoms with Crippen molar-refractivity contribution in [1.82, 2.24) is 10.3 Å². The zero-order valence-corrected chi connectivity index (χ0v) is 13.1. The smallest absolute Gasteiger partial charge is 0.331 e. The van der Waals surface area contributed by atoms with Crippen LogP contribution in [-0.2, 0) is 9.53 Å². The van der Waals surface area contributed by atoms with E-state index in [4.69, 9.17) is 21.4 Å². The van der Waals surface area contributed by atoms with Crippen LogP contribution in [-0.4, -0.2) is 29.5 Å². The quantitative estimate of drug-likeness (QED) is 0.668. The van der Waals surface area contributed by atoms with E-state index >= 15 is 0 Å². The maximum Gasteiger partial charge on any atom is 0.331 e. The molecule has 1 heterocycles. The van der Waals surface area contributed by atoms with Crippen LogP contribution in [0.15, 0.2) is 22.6 Å². The lowest BCUT2D eigenvalue weighted by molar-refractivity contribution is -0.148. The van der Waals surface area contributed by atoms with Crippen LogP contribution in [0.2, 0.25) is 0 Å². The van der Waals surface area contributed by atoms with Crippen LogP contribution >= 0.6 is 12.2 Å². The number of rotatable bonds is 4. The van der Waals surface area contributed by atoms with Crippen LogP contribution < -0.4 is 5.32 Å². The van der Waals surface area contributed by atoms with E-state index in [9.17, 15) is 9.59 Å². The molecule has 3 rings (SSSR count). The van der Waals surface area contributed by atoms with Crippen LogP contribution in [0.4, 0.5) is 0 Å². The van der Waals surface area contributed by atoms with Crippen molar-refractivity contribution in [2.75, 3.05) is 7.11 Å². The van der Waals surface area contributed by atoms with E-state index in [1.54, 1.807) is 25.1 Å². The number of aromatic nitrogens is 1. The van der Waals surface area contributed by atoms with E-state index in [1.165, 1.54) is 7.11 Å². The summed E-state index contributed by atoms with van der Waals surface area (Å²) >= 11 is 4.92. The lowest BCUT2D eigenvalue weighted by atomic mass is 9.95. The number of oxazole rings is 1.